The zero-order valence-corrected chi connectivity index (χ0v) is 9.59. The molecule has 0 spiro atoms. The highest BCUT2D eigenvalue weighted by molar-refractivity contribution is 5.93. The molecule has 0 saturated carbocycles. The quantitative estimate of drug-likeness (QED) is 0.739. The van der Waals surface area contributed by atoms with Crippen molar-refractivity contribution in [3.8, 4) is 0 Å². The molecule has 0 radical (unpaired) electrons. The lowest BCUT2D eigenvalue weighted by atomic mass is 9.96. The minimum atomic E-state index is -0.420. The van der Waals surface area contributed by atoms with Crippen LogP contribution in [-0.4, -0.2) is 10.9 Å². The van der Waals surface area contributed by atoms with Gasteiger partial charge in [-0.1, -0.05) is 20.8 Å². The van der Waals surface area contributed by atoms with Gasteiger partial charge in [-0.2, -0.15) is 0 Å². The Kier molecular flexibility index (Phi) is 2.98. The SMILES string of the molecule is Cc1nc(NC(=O)C(C)(C)C)ccc1N. The summed E-state index contributed by atoms with van der Waals surface area (Å²) in [6.45, 7) is 7.37. The molecule has 1 amide bonds. The summed E-state index contributed by atoms with van der Waals surface area (Å²) in [5, 5.41) is 2.74. The molecule has 82 valence electrons. The van der Waals surface area contributed by atoms with Crippen LogP contribution in [0.3, 0.4) is 0 Å². The van der Waals surface area contributed by atoms with Crippen molar-refractivity contribution in [2.75, 3.05) is 11.1 Å². The van der Waals surface area contributed by atoms with E-state index in [9.17, 15) is 4.79 Å². The first kappa shape index (κ1) is 11.5. The minimum Gasteiger partial charge on any atom is -0.397 e. The molecular formula is C11H17N3O. The molecule has 0 aromatic carbocycles. The average Bonchev–Trinajstić information content (AvgIpc) is 2.10. The molecule has 1 aromatic rings. The van der Waals surface area contributed by atoms with Crippen LogP contribution in [0.4, 0.5) is 11.5 Å². The predicted octanol–water partition coefficient (Wildman–Crippen LogP) is 1.96. The molecule has 4 heteroatoms. The van der Waals surface area contributed by atoms with E-state index in [1.165, 1.54) is 0 Å². The lowest BCUT2D eigenvalue weighted by Gasteiger charge is -2.17. The molecule has 0 atom stereocenters. The van der Waals surface area contributed by atoms with Gasteiger partial charge in [0, 0.05) is 5.41 Å². The molecule has 0 saturated heterocycles. The number of nitrogens with two attached hydrogens (primary N) is 1. The van der Waals surface area contributed by atoms with E-state index in [1.54, 1.807) is 12.1 Å². The number of anilines is 2. The number of nitrogens with one attached hydrogen (secondary N) is 1. The van der Waals surface area contributed by atoms with Gasteiger partial charge in [0.2, 0.25) is 5.91 Å². The molecule has 0 fully saturated rings. The van der Waals surface area contributed by atoms with Gasteiger partial charge in [-0.15, -0.1) is 0 Å². The van der Waals surface area contributed by atoms with Crippen molar-refractivity contribution >= 4 is 17.4 Å². The number of hydrogen-bond donors (Lipinski definition) is 2. The molecule has 1 heterocycles. The van der Waals surface area contributed by atoms with E-state index in [0.29, 0.717) is 11.5 Å². The van der Waals surface area contributed by atoms with Crippen LogP contribution < -0.4 is 11.1 Å². The molecule has 3 N–H and O–H groups in total. The van der Waals surface area contributed by atoms with E-state index in [2.05, 4.69) is 10.3 Å². The molecule has 0 unspecified atom stereocenters. The zero-order chi connectivity index (χ0) is 11.6. The summed E-state index contributed by atoms with van der Waals surface area (Å²) in [5.74, 6) is 0.487. The standard InChI is InChI=1S/C11H17N3O/c1-7-8(12)5-6-9(13-7)14-10(15)11(2,3)4/h5-6H,12H2,1-4H3,(H,13,14,15). The lowest BCUT2D eigenvalue weighted by Crippen LogP contribution is -2.28. The largest absolute Gasteiger partial charge is 0.397 e. The number of amides is 1. The highest BCUT2D eigenvalue weighted by Crippen LogP contribution is 2.17. The minimum absolute atomic E-state index is 0.0563. The number of hydrogen-bond acceptors (Lipinski definition) is 3. The van der Waals surface area contributed by atoms with Crippen LogP contribution in [0.25, 0.3) is 0 Å². The Morgan fingerprint density at radius 1 is 1.40 bits per heavy atom. The molecule has 1 rings (SSSR count). The maximum Gasteiger partial charge on any atom is 0.230 e. The summed E-state index contributed by atoms with van der Waals surface area (Å²) in [6, 6.07) is 3.44. The van der Waals surface area contributed by atoms with E-state index in [0.717, 1.165) is 5.69 Å². The fraction of sp³-hybridized carbons (Fsp3) is 0.455. The summed E-state index contributed by atoms with van der Waals surface area (Å²) < 4.78 is 0. The second-order valence-electron chi connectivity index (χ2n) is 4.58. The van der Waals surface area contributed by atoms with Crippen molar-refractivity contribution in [2.24, 2.45) is 5.41 Å². The van der Waals surface area contributed by atoms with Crippen molar-refractivity contribution in [3.63, 3.8) is 0 Å². The van der Waals surface area contributed by atoms with Gasteiger partial charge in [-0.05, 0) is 19.1 Å². The Labute approximate surface area is 89.9 Å². The average molecular weight is 207 g/mol. The van der Waals surface area contributed by atoms with E-state index in [4.69, 9.17) is 5.73 Å². The molecule has 0 bridgehead atoms. The monoisotopic (exact) mass is 207 g/mol. The van der Waals surface area contributed by atoms with E-state index >= 15 is 0 Å². The normalized spacial score (nSPS) is 11.2. The van der Waals surface area contributed by atoms with Crippen molar-refractivity contribution in [3.05, 3.63) is 17.8 Å². The summed E-state index contributed by atoms with van der Waals surface area (Å²) in [6.07, 6.45) is 0. The lowest BCUT2D eigenvalue weighted by molar-refractivity contribution is -0.123. The predicted molar refractivity (Wildman–Crippen MR) is 61.5 cm³/mol. The van der Waals surface area contributed by atoms with Gasteiger partial charge in [0.15, 0.2) is 0 Å². The van der Waals surface area contributed by atoms with Crippen molar-refractivity contribution in [2.45, 2.75) is 27.7 Å². The number of carbonyl (C=O) groups excluding carboxylic acids is 1. The van der Waals surface area contributed by atoms with Crippen LogP contribution in [-0.2, 0) is 4.79 Å². The molecule has 0 aliphatic heterocycles. The third-order valence-corrected chi connectivity index (χ3v) is 2.05. The third-order valence-electron chi connectivity index (χ3n) is 2.05. The van der Waals surface area contributed by atoms with Crippen LogP contribution in [0.15, 0.2) is 12.1 Å². The van der Waals surface area contributed by atoms with Crippen LogP contribution in [0.1, 0.15) is 26.5 Å². The fourth-order valence-corrected chi connectivity index (χ4v) is 0.945. The Morgan fingerprint density at radius 2 is 2.00 bits per heavy atom. The highest BCUT2D eigenvalue weighted by atomic mass is 16.2. The van der Waals surface area contributed by atoms with Gasteiger partial charge in [0.05, 0.1) is 11.4 Å². The maximum atomic E-state index is 11.6. The number of carbonyl (C=O) groups is 1. The molecular weight excluding hydrogens is 190 g/mol. The molecule has 4 nitrogen and oxygen atoms in total. The molecule has 0 aliphatic rings. The maximum absolute atomic E-state index is 11.6. The number of aryl methyl sites for hydroxylation is 1. The topological polar surface area (TPSA) is 68.0 Å². The van der Waals surface area contributed by atoms with Gasteiger partial charge in [-0.3, -0.25) is 4.79 Å². The molecule has 1 aromatic heterocycles. The van der Waals surface area contributed by atoms with Gasteiger partial charge < -0.3 is 11.1 Å². The van der Waals surface area contributed by atoms with Crippen LogP contribution in [0, 0.1) is 12.3 Å². The fourth-order valence-electron chi connectivity index (χ4n) is 0.945. The van der Waals surface area contributed by atoms with Gasteiger partial charge in [-0.25, -0.2) is 4.98 Å². The number of nitrogens with zero attached hydrogens (tertiary/aromatic N) is 1. The van der Waals surface area contributed by atoms with Crippen molar-refractivity contribution < 1.29 is 4.79 Å². The zero-order valence-electron chi connectivity index (χ0n) is 9.59. The molecule has 15 heavy (non-hydrogen) atoms. The highest BCUT2D eigenvalue weighted by Gasteiger charge is 2.21. The van der Waals surface area contributed by atoms with Crippen LogP contribution in [0.2, 0.25) is 0 Å². The van der Waals surface area contributed by atoms with Crippen molar-refractivity contribution in [1.82, 2.24) is 4.98 Å². The number of aromatic nitrogens is 1. The Hall–Kier alpha value is -1.58. The van der Waals surface area contributed by atoms with E-state index in [-0.39, 0.29) is 5.91 Å². The van der Waals surface area contributed by atoms with Crippen LogP contribution >= 0.6 is 0 Å². The molecule has 0 aliphatic carbocycles. The third kappa shape index (κ3) is 2.94. The first-order valence-corrected chi connectivity index (χ1v) is 4.85. The summed E-state index contributed by atoms with van der Waals surface area (Å²) in [5.41, 5.74) is 6.56. The summed E-state index contributed by atoms with van der Waals surface area (Å²) in [4.78, 5) is 15.8. The summed E-state index contributed by atoms with van der Waals surface area (Å²) >= 11 is 0. The first-order valence-electron chi connectivity index (χ1n) is 4.85. The second kappa shape index (κ2) is 3.88. The number of nitrogen functional groups attached to an aromatic ring is 1. The van der Waals surface area contributed by atoms with E-state index in [1.807, 2.05) is 27.7 Å². The number of pyridine rings is 1. The Bertz CT molecular complexity index is 380. The number of rotatable bonds is 1. The van der Waals surface area contributed by atoms with Gasteiger partial charge >= 0.3 is 0 Å². The van der Waals surface area contributed by atoms with Gasteiger partial charge in [0.25, 0.3) is 0 Å². The first-order chi connectivity index (χ1) is 6.80. The second-order valence-corrected chi connectivity index (χ2v) is 4.58. The Morgan fingerprint density at radius 3 is 2.47 bits per heavy atom. The summed E-state index contributed by atoms with van der Waals surface area (Å²) in [7, 11) is 0. The van der Waals surface area contributed by atoms with Crippen molar-refractivity contribution in [1.29, 1.82) is 0 Å². The van der Waals surface area contributed by atoms with Gasteiger partial charge in [0.1, 0.15) is 5.82 Å². The van der Waals surface area contributed by atoms with Crippen LogP contribution in [0.5, 0.6) is 0 Å². The van der Waals surface area contributed by atoms with E-state index < -0.39 is 5.41 Å². The smallest absolute Gasteiger partial charge is 0.230 e. The Balaban J connectivity index is 2.83.